The Morgan fingerprint density at radius 3 is 2.92 bits per heavy atom. The highest BCUT2D eigenvalue weighted by molar-refractivity contribution is 5.94. The predicted molar refractivity (Wildman–Crippen MR) is 43.0 cm³/mol. The number of rotatable bonds is 2. The first kappa shape index (κ1) is 5.30. The summed E-state index contributed by atoms with van der Waals surface area (Å²) in [6.45, 7) is -2.82. The van der Waals surface area contributed by atoms with E-state index in [9.17, 15) is 9.18 Å². The minimum absolute atomic E-state index is 0.231. The van der Waals surface area contributed by atoms with Gasteiger partial charge in [0.15, 0.2) is 5.78 Å². The molecular formula is C9H9FO2. The molecule has 0 saturated heterocycles. The second-order valence-electron chi connectivity index (χ2n) is 2.17. The van der Waals surface area contributed by atoms with Crippen LogP contribution in [0, 0.1) is 5.82 Å². The fourth-order valence-electron chi connectivity index (χ4n) is 0.807. The van der Waals surface area contributed by atoms with Crippen LogP contribution in [-0.2, 0) is 0 Å². The molecule has 0 N–H and O–H groups in total. The van der Waals surface area contributed by atoms with Crippen molar-refractivity contribution >= 4 is 5.78 Å². The van der Waals surface area contributed by atoms with Crippen molar-refractivity contribution in [3.63, 3.8) is 0 Å². The summed E-state index contributed by atoms with van der Waals surface area (Å²) in [5.41, 5.74) is -0.448. The number of hydrogen-bond acceptors (Lipinski definition) is 2. The normalized spacial score (nSPS) is 14.3. The van der Waals surface area contributed by atoms with E-state index in [-0.39, 0.29) is 5.75 Å². The van der Waals surface area contributed by atoms with Crippen molar-refractivity contribution in [2.45, 2.75) is 6.85 Å². The largest absolute Gasteiger partial charge is 0.497 e. The lowest BCUT2D eigenvalue weighted by atomic mass is 10.1. The fraction of sp³-hybridized carbons (Fsp3) is 0.222. The van der Waals surface area contributed by atoms with Gasteiger partial charge in [0.2, 0.25) is 0 Å². The van der Waals surface area contributed by atoms with Gasteiger partial charge in [0.1, 0.15) is 11.6 Å². The Morgan fingerprint density at radius 1 is 1.67 bits per heavy atom. The van der Waals surface area contributed by atoms with Crippen LogP contribution in [0.3, 0.4) is 0 Å². The fourth-order valence-corrected chi connectivity index (χ4v) is 0.807. The lowest BCUT2D eigenvalue weighted by molar-refractivity contribution is 0.101. The van der Waals surface area contributed by atoms with Gasteiger partial charge in [-0.15, -0.1) is 0 Å². The molecular weight excluding hydrogens is 159 g/mol. The molecule has 0 atom stereocenters. The second kappa shape index (κ2) is 3.34. The van der Waals surface area contributed by atoms with Crippen molar-refractivity contribution in [1.82, 2.24) is 0 Å². The molecule has 0 radical (unpaired) electrons. The topological polar surface area (TPSA) is 26.3 Å². The number of ketones is 1. The third-order valence-corrected chi connectivity index (χ3v) is 1.42. The van der Waals surface area contributed by atoms with E-state index in [1.54, 1.807) is 0 Å². The molecule has 0 aliphatic rings. The summed E-state index contributed by atoms with van der Waals surface area (Å²) in [4.78, 5) is 11.2. The Kier molecular flexibility index (Phi) is 1.48. The van der Waals surface area contributed by atoms with Crippen molar-refractivity contribution < 1.29 is 18.0 Å². The lowest BCUT2D eigenvalue weighted by Crippen LogP contribution is -1.97. The SMILES string of the molecule is [2H]C([2H])([2H])C(=O)c1ccc(OC)cc1F. The van der Waals surface area contributed by atoms with Gasteiger partial charge in [0.05, 0.1) is 12.7 Å². The maximum atomic E-state index is 13.3. The van der Waals surface area contributed by atoms with E-state index in [1.807, 2.05) is 0 Å². The summed E-state index contributed by atoms with van der Waals surface area (Å²) in [7, 11) is 1.35. The Morgan fingerprint density at radius 2 is 2.42 bits per heavy atom. The van der Waals surface area contributed by atoms with Crippen LogP contribution >= 0.6 is 0 Å². The molecule has 0 amide bonds. The monoisotopic (exact) mass is 171 g/mol. The van der Waals surface area contributed by atoms with Gasteiger partial charge in [-0.2, -0.15) is 0 Å². The van der Waals surface area contributed by atoms with Crippen LogP contribution in [0.4, 0.5) is 4.39 Å². The molecule has 0 saturated carbocycles. The van der Waals surface area contributed by atoms with E-state index in [0.29, 0.717) is 0 Å². The van der Waals surface area contributed by atoms with E-state index < -0.39 is 24.0 Å². The number of carbonyl (C=O) groups excluding carboxylic acids is 1. The van der Waals surface area contributed by atoms with Crippen molar-refractivity contribution in [2.75, 3.05) is 7.11 Å². The molecule has 1 aromatic carbocycles. The van der Waals surface area contributed by atoms with Crippen LogP contribution in [-0.4, -0.2) is 12.9 Å². The molecule has 0 heterocycles. The first-order valence-corrected chi connectivity index (χ1v) is 3.24. The van der Waals surface area contributed by atoms with Crippen LogP contribution in [0.15, 0.2) is 18.2 Å². The Balaban J connectivity index is 3.12. The van der Waals surface area contributed by atoms with Gasteiger partial charge in [0.25, 0.3) is 0 Å². The summed E-state index contributed by atoms with van der Waals surface area (Å²) in [5, 5.41) is 0. The van der Waals surface area contributed by atoms with Gasteiger partial charge in [0, 0.05) is 10.2 Å². The molecule has 64 valence electrons. The molecule has 1 aromatic rings. The quantitative estimate of drug-likeness (QED) is 0.636. The molecule has 12 heavy (non-hydrogen) atoms. The summed E-state index contributed by atoms with van der Waals surface area (Å²) in [6, 6.07) is 3.41. The highest BCUT2D eigenvalue weighted by Gasteiger charge is 2.07. The highest BCUT2D eigenvalue weighted by Crippen LogP contribution is 2.16. The van der Waals surface area contributed by atoms with E-state index in [2.05, 4.69) is 0 Å². The number of hydrogen-bond donors (Lipinski definition) is 0. The van der Waals surface area contributed by atoms with Crippen LogP contribution in [0.5, 0.6) is 5.75 Å². The minimum Gasteiger partial charge on any atom is -0.497 e. The maximum absolute atomic E-state index is 13.3. The molecule has 0 spiro atoms. The lowest BCUT2D eigenvalue weighted by Gasteiger charge is -2.01. The molecule has 2 nitrogen and oxygen atoms in total. The minimum atomic E-state index is -2.82. The van der Waals surface area contributed by atoms with Gasteiger partial charge in [-0.05, 0) is 19.0 Å². The third-order valence-electron chi connectivity index (χ3n) is 1.42. The number of benzene rings is 1. The maximum Gasteiger partial charge on any atom is 0.162 e. The van der Waals surface area contributed by atoms with E-state index in [1.165, 1.54) is 13.2 Å². The molecule has 0 fully saturated rings. The number of halogens is 1. The Labute approximate surface area is 74.2 Å². The summed E-state index contributed by atoms with van der Waals surface area (Å²) < 4.78 is 38.6. The smallest absolute Gasteiger partial charge is 0.162 e. The van der Waals surface area contributed by atoms with Gasteiger partial charge in [-0.1, -0.05) is 0 Å². The van der Waals surface area contributed by atoms with Crippen molar-refractivity contribution in [1.29, 1.82) is 0 Å². The standard InChI is InChI=1S/C9H9FO2/c1-6(11)8-4-3-7(12-2)5-9(8)10/h3-5H,1-2H3/i1D3. The molecule has 0 aliphatic carbocycles. The molecule has 0 aliphatic heterocycles. The average Bonchev–Trinajstić information content (AvgIpc) is 2.15. The van der Waals surface area contributed by atoms with E-state index >= 15 is 0 Å². The van der Waals surface area contributed by atoms with Gasteiger partial charge >= 0.3 is 0 Å². The van der Waals surface area contributed by atoms with Crippen LogP contribution in [0.2, 0.25) is 0 Å². The Hall–Kier alpha value is -1.38. The summed E-state index contributed by atoms with van der Waals surface area (Å²) in [6.07, 6.45) is 0. The van der Waals surface area contributed by atoms with Gasteiger partial charge in [-0.25, -0.2) is 4.39 Å². The molecule has 0 bridgehead atoms. The molecule has 0 unspecified atom stereocenters. The molecule has 1 rings (SSSR count). The number of methoxy groups -OCH3 is 1. The van der Waals surface area contributed by atoms with Gasteiger partial charge in [-0.3, -0.25) is 4.79 Å². The predicted octanol–water partition coefficient (Wildman–Crippen LogP) is 2.04. The zero-order chi connectivity index (χ0) is 11.6. The van der Waals surface area contributed by atoms with Crippen molar-refractivity contribution in [2.24, 2.45) is 0 Å². The zero-order valence-corrected chi connectivity index (χ0v) is 6.43. The number of carbonyl (C=O) groups is 1. The van der Waals surface area contributed by atoms with Gasteiger partial charge < -0.3 is 4.74 Å². The van der Waals surface area contributed by atoms with Crippen LogP contribution in [0.25, 0.3) is 0 Å². The molecule has 0 aromatic heterocycles. The van der Waals surface area contributed by atoms with E-state index in [4.69, 9.17) is 8.85 Å². The van der Waals surface area contributed by atoms with Crippen molar-refractivity contribution in [3.05, 3.63) is 29.6 Å². The Bertz CT molecular complexity index is 387. The molecule has 3 heteroatoms. The number of Topliss-reactive ketones (excluding diaryl/α,β-unsaturated/α-hetero) is 1. The van der Waals surface area contributed by atoms with Crippen LogP contribution in [0.1, 0.15) is 21.3 Å². The average molecular weight is 171 g/mol. The zero-order valence-electron chi connectivity index (χ0n) is 9.43. The van der Waals surface area contributed by atoms with Crippen molar-refractivity contribution in [3.8, 4) is 5.75 Å². The van der Waals surface area contributed by atoms with Crippen LogP contribution < -0.4 is 4.74 Å². The summed E-state index contributed by atoms with van der Waals surface area (Å²) >= 11 is 0. The second-order valence-corrected chi connectivity index (χ2v) is 2.17. The van der Waals surface area contributed by atoms with E-state index in [0.717, 1.165) is 12.1 Å². The first-order valence-electron chi connectivity index (χ1n) is 4.74. The highest BCUT2D eigenvalue weighted by atomic mass is 19.1. The number of ether oxygens (including phenoxy) is 1. The summed E-state index contributed by atoms with van der Waals surface area (Å²) in [5.74, 6) is -1.87. The third kappa shape index (κ3) is 1.61. The first-order chi connectivity index (χ1) is 6.86.